The number of benzene rings is 1. The summed E-state index contributed by atoms with van der Waals surface area (Å²) in [6.07, 6.45) is 1.12. The summed E-state index contributed by atoms with van der Waals surface area (Å²) in [6, 6.07) is 5.75. The average molecular weight is 370 g/mol. The number of aryl methyl sites for hydroxylation is 1. The van der Waals surface area contributed by atoms with Crippen molar-refractivity contribution in [2.45, 2.75) is 30.7 Å². The number of sulfonamides is 1. The van der Waals surface area contributed by atoms with Crippen molar-refractivity contribution in [3.05, 3.63) is 30.1 Å². The van der Waals surface area contributed by atoms with E-state index in [-0.39, 0.29) is 22.4 Å². The first-order valence-corrected chi connectivity index (χ1v) is 10.9. The van der Waals surface area contributed by atoms with Gasteiger partial charge in [-0.2, -0.15) is 5.10 Å². The molecule has 0 spiro atoms. The molecule has 2 heterocycles. The van der Waals surface area contributed by atoms with Crippen molar-refractivity contribution in [1.82, 2.24) is 14.8 Å². The number of primary sulfonamides is 1. The van der Waals surface area contributed by atoms with Crippen LogP contribution >= 0.6 is 0 Å². The van der Waals surface area contributed by atoms with Gasteiger partial charge in [-0.05, 0) is 30.7 Å². The molecule has 8 nitrogen and oxygen atoms in total. The van der Waals surface area contributed by atoms with Crippen LogP contribution in [0.15, 0.2) is 29.2 Å². The summed E-state index contributed by atoms with van der Waals surface area (Å²) in [4.78, 5) is 4.47. The van der Waals surface area contributed by atoms with E-state index in [9.17, 15) is 16.8 Å². The molecule has 3 rings (SSSR count). The summed E-state index contributed by atoms with van der Waals surface area (Å²) >= 11 is 0. The lowest BCUT2D eigenvalue weighted by Gasteiger charge is -2.12. The molecule has 0 saturated carbocycles. The summed E-state index contributed by atoms with van der Waals surface area (Å²) in [5.41, 5.74) is 0.666. The number of nitrogens with two attached hydrogens (primary N) is 1. The maximum atomic E-state index is 11.8. The molecule has 10 heteroatoms. The van der Waals surface area contributed by atoms with E-state index in [0.29, 0.717) is 30.1 Å². The second kappa shape index (κ2) is 5.94. The molecule has 1 fully saturated rings. The number of sulfone groups is 1. The maximum absolute atomic E-state index is 11.8. The maximum Gasteiger partial charge on any atom is 0.238 e. The second-order valence-corrected chi connectivity index (χ2v) is 9.57. The zero-order valence-electron chi connectivity index (χ0n) is 13.1. The van der Waals surface area contributed by atoms with Gasteiger partial charge >= 0.3 is 0 Å². The van der Waals surface area contributed by atoms with Crippen LogP contribution in [0.1, 0.15) is 25.2 Å². The molecule has 1 saturated heterocycles. The first kappa shape index (κ1) is 17.1. The molecular weight excluding hydrogens is 352 g/mol. The fraction of sp³-hybridized carbons (Fsp3) is 0.429. The van der Waals surface area contributed by atoms with Crippen LogP contribution in [0.4, 0.5) is 0 Å². The molecule has 1 atom stereocenters. The third kappa shape index (κ3) is 3.35. The normalized spacial score (nSPS) is 20.3. The van der Waals surface area contributed by atoms with Gasteiger partial charge < -0.3 is 0 Å². The Bertz CT molecular complexity index is 963. The van der Waals surface area contributed by atoms with Crippen molar-refractivity contribution in [3.63, 3.8) is 0 Å². The van der Waals surface area contributed by atoms with Gasteiger partial charge in [-0.15, -0.1) is 0 Å². The summed E-state index contributed by atoms with van der Waals surface area (Å²) in [5.74, 6) is 1.34. The van der Waals surface area contributed by atoms with Gasteiger partial charge in [-0.25, -0.2) is 31.6 Å². The Morgan fingerprint density at radius 1 is 1.29 bits per heavy atom. The SMILES string of the molecule is CCc1nc(-c2ccc(S(N)(=O)=O)cc2)n([C@@H]2CCS(=O)(=O)C2)n1. The zero-order valence-corrected chi connectivity index (χ0v) is 14.7. The molecule has 2 N–H and O–H groups in total. The summed E-state index contributed by atoms with van der Waals surface area (Å²) in [7, 11) is -6.82. The van der Waals surface area contributed by atoms with Gasteiger partial charge in [0.15, 0.2) is 21.5 Å². The number of aromatic nitrogens is 3. The van der Waals surface area contributed by atoms with Gasteiger partial charge in [0.05, 0.1) is 22.4 Å². The van der Waals surface area contributed by atoms with Crippen molar-refractivity contribution in [1.29, 1.82) is 0 Å². The van der Waals surface area contributed by atoms with E-state index >= 15 is 0 Å². The fourth-order valence-electron chi connectivity index (χ4n) is 2.73. The molecule has 2 aromatic rings. The standard InChI is InChI=1S/C14H18N4O4S2/c1-2-13-16-14(10-3-5-12(6-4-10)24(15,21)22)18(17-13)11-7-8-23(19,20)9-11/h3-6,11H,2,7-9H2,1H3,(H2,15,21,22)/t11-/m1/s1. The Labute approximate surface area is 140 Å². The van der Waals surface area contributed by atoms with E-state index in [4.69, 9.17) is 5.14 Å². The van der Waals surface area contributed by atoms with Crippen LogP contribution < -0.4 is 5.14 Å². The van der Waals surface area contributed by atoms with E-state index in [1.165, 1.54) is 12.1 Å². The topological polar surface area (TPSA) is 125 Å². The smallest absolute Gasteiger partial charge is 0.238 e. The van der Waals surface area contributed by atoms with Crippen LogP contribution in [0.2, 0.25) is 0 Å². The van der Waals surface area contributed by atoms with Gasteiger partial charge in [0, 0.05) is 12.0 Å². The number of hydrogen-bond acceptors (Lipinski definition) is 6. The van der Waals surface area contributed by atoms with Gasteiger partial charge in [0.1, 0.15) is 0 Å². The Hall–Kier alpha value is -1.78. The minimum atomic E-state index is -3.76. The van der Waals surface area contributed by atoms with Crippen LogP contribution in [0, 0.1) is 0 Å². The van der Waals surface area contributed by atoms with Crippen LogP contribution in [-0.2, 0) is 26.3 Å². The first-order chi connectivity index (χ1) is 11.2. The van der Waals surface area contributed by atoms with Crippen LogP contribution in [0.3, 0.4) is 0 Å². The molecule has 24 heavy (non-hydrogen) atoms. The summed E-state index contributed by atoms with van der Waals surface area (Å²) < 4.78 is 47.9. The molecule has 0 amide bonds. The van der Waals surface area contributed by atoms with Crippen molar-refractivity contribution in [3.8, 4) is 11.4 Å². The highest BCUT2D eigenvalue weighted by molar-refractivity contribution is 7.91. The Balaban J connectivity index is 2.03. The lowest BCUT2D eigenvalue weighted by atomic mass is 10.2. The van der Waals surface area contributed by atoms with E-state index in [0.717, 1.165) is 0 Å². The highest BCUT2D eigenvalue weighted by Gasteiger charge is 2.32. The quantitative estimate of drug-likeness (QED) is 0.836. The lowest BCUT2D eigenvalue weighted by Crippen LogP contribution is -2.14. The molecule has 1 aromatic heterocycles. The summed E-state index contributed by atoms with van der Waals surface area (Å²) in [5, 5.41) is 9.52. The number of hydrogen-bond donors (Lipinski definition) is 1. The van der Waals surface area contributed by atoms with Gasteiger partial charge in [0.2, 0.25) is 10.0 Å². The monoisotopic (exact) mass is 370 g/mol. The summed E-state index contributed by atoms with van der Waals surface area (Å²) in [6.45, 7) is 1.92. The van der Waals surface area contributed by atoms with E-state index in [1.807, 2.05) is 6.92 Å². The van der Waals surface area contributed by atoms with Crippen molar-refractivity contribution in [2.75, 3.05) is 11.5 Å². The molecule has 0 unspecified atom stereocenters. The van der Waals surface area contributed by atoms with Gasteiger partial charge in [-0.1, -0.05) is 6.92 Å². The van der Waals surface area contributed by atoms with Crippen molar-refractivity contribution in [2.24, 2.45) is 5.14 Å². The zero-order chi connectivity index (χ0) is 17.5. The molecular formula is C14H18N4O4S2. The highest BCUT2D eigenvalue weighted by atomic mass is 32.2. The fourth-order valence-corrected chi connectivity index (χ4v) is 4.94. The molecule has 1 aromatic carbocycles. The van der Waals surface area contributed by atoms with E-state index in [2.05, 4.69) is 10.1 Å². The second-order valence-electron chi connectivity index (χ2n) is 5.78. The third-order valence-electron chi connectivity index (χ3n) is 3.99. The Morgan fingerprint density at radius 2 is 1.96 bits per heavy atom. The van der Waals surface area contributed by atoms with Gasteiger partial charge in [-0.3, -0.25) is 0 Å². The van der Waals surface area contributed by atoms with Crippen LogP contribution in [0.5, 0.6) is 0 Å². The minimum absolute atomic E-state index is 0.0106. The predicted molar refractivity (Wildman–Crippen MR) is 88.5 cm³/mol. The Kier molecular flexibility index (Phi) is 4.22. The third-order valence-corrected chi connectivity index (χ3v) is 6.67. The molecule has 0 aliphatic carbocycles. The van der Waals surface area contributed by atoms with E-state index in [1.54, 1.807) is 16.8 Å². The van der Waals surface area contributed by atoms with Crippen molar-refractivity contribution >= 4 is 19.9 Å². The Morgan fingerprint density at radius 3 is 2.46 bits per heavy atom. The first-order valence-electron chi connectivity index (χ1n) is 7.48. The number of rotatable bonds is 4. The highest BCUT2D eigenvalue weighted by Crippen LogP contribution is 2.28. The average Bonchev–Trinajstić information content (AvgIpc) is 3.09. The molecule has 130 valence electrons. The van der Waals surface area contributed by atoms with Crippen molar-refractivity contribution < 1.29 is 16.8 Å². The van der Waals surface area contributed by atoms with Crippen LogP contribution in [0.25, 0.3) is 11.4 Å². The largest absolute Gasteiger partial charge is 0.241 e. The minimum Gasteiger partial charge on any atom is -0.241 e. The molecule has 0 radical (unpaired) electrons. The van der Waals surface area contributed by atoms with E-state index < -0.39 is 19.9 Å². The van der Waals surface area contributed by atoms with Crippen LogP contribution in [-0.4, -0.2) is 43.1 Å². The predicted octanol–water partition coefficient (Wildman–Crippen LogP) is 0.514. The molecule has 1 aliphatic rings. The number of nitrogens with zero attached hydrogens (tertiary/aromatic N) is 3. The van der Waals surface area contributed by atoms with Gasteiger partial charge in [0.25, 0.3) is 0 Å². The lowest BCUT2D eigenvalue weighted by molar-refractivity contribution is 0.500. The molecule has 0 bridgehead atoms. The molecule has 1 aliphatic heterocycles.